The summed E-state index contributed by atoms with van der Waals surface area (Å²) in [6.45, 7) is 1.89. The Morgan fingerprint density at radius 1 is 1.27 bits per heavy atom. The fourth-order valence-electron chi connectivity index (χ4n) is 2.15. The van der Waals surface area contributed by atoms with E-state index in [-0.39, 0.29) is 12.2 Å². The van der Waals surface area contributed by atoms with Gasteiger partial charge < -0.3 is 10.1 Å². The molecule has 0 unspecified atom stereocenters. The summed E-state index contributed by atoms with van der Waals surface area (Å²) in [5, 5.41) is 10.9. The summed E-state index contributed by atoms with van der Waals surface area (Å²) in [4.78, 5) is 11.6. The summed E-state index contributed by atoms with van der Waals surface area (Å²) >= 11 is 0. The van der Waals surface area contributed by atoms with E-state index >= 15 is 0 Å². The maximum atomic E-state index is 14.0. The highest BCUT2D eigenvalue weighted by Crippen LogP contribution is 2.22. The van der Waals surface area contributed by atoms with E-state index in [0.29, 0.717) is 5.69 Å². The van der Waals surface area contributed by atoms with Gasteiger partial charge in [0.05, 0.1) is 23.9 Å². The first kappa shape index (κ1) is 14.1. The zero-order valence-electron chi connectivity index (χ0n) is 11.9. The number of H-pyrrole nitrogens is 1. The molecule has 0 spiro atoms. The van der Waals surface area contributed by atoms with Crippen molar-refractivity contribution in [1.82, 2.24) is 10.2 Å². The number of esters is 1. The number of aromatic amines is 1. The van der Waals surface area contributed by atoms with Crippen molar-refractivity contribution in [1.29, 1.82) is 0 Å². The SMILES string of the molecule is CCOC(=O)c1ccc(Nc2ccc3cn[nH]c3c2)cc1F. The zero-order chi connectivity index (χ0) is 15.5. The lowest BCUT2D eigenvalue weighted by Gasteiger charge is -2.08. The van der Waals surface area contributed by atoms with Crippen LogP contribution in [0.5, 0.6) is 0 Å². The number of carbonyl (C=O) groups excluding carboxylic acids is 1. The fraction of sp³-hybridized carbons (Fsp3) is 0.125. The monoisotopic (exact) mass is 299 g/mol. The van der Waals surface area contributed by atoms with Gasteiger partial charge in [0.1, 0.15) is 5.82 Å². The third-order valence-electron chi connectivity index (χ3n) is 3.20. The predicted molar refractivity (Wildman–Crippen MR) is 81.7 cm³/mol. The van der Waals surface area contributed by atoms with Gasteiger partial charge in [-0.05, 0) is 43.3 Å². The molecule has 0 aliphatic heterocycles. The average Bonchev–Trinajstić information content (AvgIpc) is 2.95. The van der Waals surface area contributed by atoms with Gasteiger partial charge in [0.15, 0.2) is 0 Å². The Morgan fingerprint density at radius 3 is 2.82 bits per heavy atom. The summed E-state index contributed by atoms with van der Waals surface area (Å²) in [6, 6.07) is 9.96. The lowest BCUT2D eigenvalue weighted by Crippen LogP contribution is -2.07. The van der Waals surface area contributed by atoms with Crippen LogP contribution in [-0.2, 0) is 4.74 Å². The van der Waals surface area contributed by atoms with Crippen molar-refractivity contribution >= 4 is 28.2 Å². The van der Waals surface area contributed by atoms with Gasteiger partial charge in [0, 0.05) is 16.8 Å². The number of hydrogen-bond donors (Lipinski definition) is 2. The molecule has 0 amide bonds. The second kappa shape index (κ2) is 5.85. The highest BCUT2D eigenvalue weighted by atomic mass is 19.1. The van der Waals surface area contributed by atoms with E-state index in [9.17, 15) is 9.18 Å². The molecule has 1 aromatic heterocycles. The van der Waals surface area contributed by atoms with Crippen LogP contribution in [0.3, 0.4) is 0 Å². The summed E-state index contributed by atoms with van der Waals surface area (Å²) in [6.07, 6.45) is 1.73. The normalized spacial score (nSPS) is 10.6. The summed E-state index contributed by atoms with van der Waals surface area (Å²) in [7, 11) is 0. The van der Waals surface area contributed by atoms with Crippen molar-refractivity contribution in [2.24, 2.45) is 0 Å². The number of rotatable bonds is 4. The number of nitrogens with one attached hydrogen (secondary N) is 2. The molecule has 0 fully saturated rings. The molecule has 0 radical (unpaired) electrons. The minimum Gasteiger partial charge on any atom is -0.462 e. The standard InChI is InChI=1S/C16H14FN3O2/c1-2-22-16(21)13-6-5-11(7-14(13)17)19-12-4-3-10-9-18-20-15(10)8-12/h3-9,19H,2H2,1H3,(H,18,20). The van der Waals surface area contributed by atoms with E-state index < -0.39 is 11.8 Å². The Hall–Kier alpha value is -2.89. The third-order valence-corrected chi connectivity index (χ3v) is 3.20. The van der Waals surface area contributed by atoms with Crippen molar-refractivity contribution in [3.05, 3.63) is 54.0 Å². The Bertz CT molecular complexity index is 829. The molecule has 0 saturated carbocycles. The molecule has 2 N–H and O–H groups in total. The average molecular weight is 299 g/mol. The molecular formula is C16H14FN3O2. The molecular weight excluding hydrogens is 285 g/mol. The molecule has 6 heteroatoms. The number of halogens is 1. The Kier molecular flexibility index (Phi) is 3.74. The lowest BCUT2D eigenvalue weighted by atomic mass is 10.2. The smallest absolute Gasteiger partial charge is 0.341 e. The summed E-state index contributed by atoms with van der Waals surface area (Å²) in [5.41, 5.74) is 2.15. The number of ether oxygens (including phenoxy) is 1. The Labute approximate surface area is 126 Å². The van der Waals surface area contributed by atoms with Gasteiger partial charge in [-0.2, -0.15) is 5.10 Å². The van der Waals surface area contributed by atoms with Crippen molar-refractivity contribution in [3.8, 4) is 0 Å². The van der Waals surface area contributed by atoms with E-state index in [4.69, 9.17) is 4.74 Å². The van der Waals surface area contributed by atoms with Crippen LogP contribution in [0.4, 0.5) is 15.8 Å². The summed E-state index contributed by atoms with van der Waals surface area (Å²) in [5.74, 6) is -1.28. The number of hydrogen-bond acceptors (Lipinski definition) is 4. The number of benzene rings is 2. The first-order valence-corrected chi connectivity index (χ1v) is 6.84. The molecule has 112 valence electrons. The summed E-state index contributed by atoms with van der Waals surface area (Å²) < 4.78 is 18.8. The first-order chi connectivity index (χ1) is 10.7. The quantitative estimate of drug-likeness (QED) is 0.722. The van der Waals surface area contributed by atoms with Gasteiger partial charge in [0.25, 0.3) is 0 Å². The van der Waals surface area contributed by atoms with Crippen molar-refractivity contribution in [2.75, 3.05) is 11.9 Å². The molecule has 2 aromatic carbocycles. The first-order valence-electron chi connectivity index (χ1n) is 6.84. The molecule has 0 saturated heterocycles. The molecule has 0 aliphatic rings. The highest BCUT2D eigenvalue weighted by molar-refractivity contribution is 5.90. The minimum absolute atomic E-state index is 0.0728. The Morgan fingerprint density at radius 2 is 2.05 bits per heavy atom. The van der Waals surface area contributed by atoms with Crippen LogP contribution in [0.1, 0.15) is 17.3 Å². The van der Waals surface area contributed by atoms with Gasteiger partial charge >= 0.3 is 5.97 Å². The number of carbonyl (C=O) groups is 1. The number of nitrogens with zero attached hydrogens (tertiary/aromatic N) is 1. The van der Waals surface area contributed by atoms with Crippen LogP contribution in [0.2, 0.25) is 0 Å². The van der Waals surface area contributed by atoms with Gasteiger partial charge in [-0.1, -0.05) is 0 Å². The highest BCUT2D eigenvalue weighted by Gasteiger charge is 2.13. The topological polar surface area (TPSA) is 67.0 Å². The van der Waals surface area contributed by atoms with E-state index in [1.165, 1.54) is 12.1 Å². The van der Waals surface area contributed by atoms with Crippen molar-refractivity contribution in [2.45, 2.75) is 6.92 Å². The van der Waals surface area contributed by atoms with E-state index in [0.717, 1.165) is 16.6 Å². The number of aromatic nitrogens is 2. The molecule has 3 aromatic rings. The van der Waals surface area contributed by atoms with Crippen molar-refractivity contribution in [3.63, 3.8) is 0 Å². The van der Waals surface area contributed by atoms with Crippen LogP contribution in [0.15, 0.2) is 42.6 Å². The van der Waals surface area contributed by atoms with Crippen LogP contribution >= 0.6 is 0 Å². The molecule has 5 nitrogen and oxygen atoms in total. The van der Waals surface area contributed by atoms with Gasteiger partial charge in [-0.3, -0.25) is 5.10 Å². The van der Waals surface area contributed by atoms with Gasteiger partial charge in [-0.15, -0.1) is 0 Å². The van der Waals surface area contributed by atoms with Gasteiger partial charge in [-0.25, -0.2) is 9.18 Å². The molecule has 0 atom stereocenters. The lowest BCUT2D eigenvalue weighted by molar-refractivity contribution is 0.0521. The van der Waals surface area contributed by atoms with Gasteiger partial charge in [0.2, 0.25) is 0 Å². The number of fused-ring (bicyclic) bond motifs is 1. The molecule has 1 heterocycles. The third kappa shape index (κ3) is 2.76. The largest absolute Gasteiger partial charge is 0.462 e. The fourth-order valence-corrected chi connectivity index (χ4v) is 2.15. The second-order valence-corrected chi connectivity index (χ2v) is 4.71. The predicted octanol–water partition coefficient (Wildman–Crippen LogP) is 3.62. The molecule has 22 heavy (non-hydrogen) atoms. The molecule has 0 bridgehead atoms. The van der Waals surface area contributed by atoms with E-state index in [2.05, 4.69) is 15.5 Å². The molecule has 3 rings (SSSR count). The van der Waals surface area contributed by atoms with Crippen LogP contribution < -0.4 is 5.32 Å². The number of anilines is 2. The van der Waals surface area contributed by atoms with E-state index in [1.807, 2.05) is 18.2 Å². The minimum atomic E-state index is -0.662. The van der Waals surface area contributed by atoms with Crippen LogP contribution in [-0.4, -0.2) is 22.8 Å². The Balaban J connectivity index is 1.83. The maximum absolute atomic E-state index is 14.0. The van der Waals surface area contributed by atoms with Crippen molar-refractivity contribution < 1.29 is 13.9 Å². The second-order valence-electron chi connectivity index (χ2n) is 4.71. The molecule has 0 aliphatic carbocycles. The van der Waals surface area contributed by atoms with Crippen LogP contribution in [0.25, 0.3) is 10.9 Å². The van der Waals surface area contributed by atoms with E-state index in [1.54, 1.807) is 19.2 Å². The zero-order valence-corrected chi connectivity index (χ0v) is 11.9. The van der Waals surface area contributed by atoms with Crippen LogP contribution in [0, 0.1) is 5.82 Å². The maximum Gasteiger partial charge on any atom is 0.341 e.